The first-order valence-electron chi connectivity index (χ1n) is 12.1. The van der Waals surface area contributed by atoms with Crippen LogP contribution >= 0.6 is 0 Å². The fourth-order valence-electron chi connectivity index (χ4n) is 4.65. The lowest BCUT2D eigenvalue weighted by Gasteiger charge is -2.29. The maximum absolute atomic E-state index is 15.0. The molecule has 35 heavy (non-hydrogen) atoms. The number of ether oxygens (including phenoxy) is 2. The number of carbonyl (C=O) groups is 1. The molecule has 184 valence electrons. The zero-order valence-electron chi connectivity index (χ0n) is 20.0. The maximum Gasteiger partial charge on any atom is 0.341 e. The molecule has 0 saturated heterocycles. The van der Waals surface area contributed by atoms with Crippen LogP contribution in [0.25, 0.3) is 11.1 Å². The quantitative estimate of drug-likeness (QED) is 0.325. The fourth-order valence-corrected chi connectivity index (χ4v) is 4.65. The van der Waals surface area contributed by atoms with E-state index in [4.69, 9.17) is 9.47 Å². The second-order valence-corrected chi connectivity index (χ2v) is 8.83. The Morgan fingerprint density at radius 2 is 1.60 bits per heavy atom. The van der Waals surface area contributed by atoms with Crippen LogP contribution in [0.2, 0.25) is 0 Å². The minimum atomic E-state index is -0.841. The van der Waals surface area contributed by atoms with Crippen molar-refractivity contribution >= 4 is 5.97 Å². The third-order valence-electron chi connectivity index (χ3n) is 6.64. The Labute approximate surface area is 203 Å². The highest BCUT2D eigenvalue weighted by Gasteiger charge is 2.29. The van der Waals surface area contributed by atoms with Crippen molar-refractivity contribution in [1.82, 2.24) is 0 Å². The van der Waals surface area contributed by atoms with Crippen molar-refractivity contribution < 1.29 is 27.4 Å². The molecular formula is C29H29F3O3. The lowest BCUT2D eigenvalue weighted by atomic mass is 9.82. The predicted molar refractivity (Wildman–Crippen MR) is 129 cm³/mol. The summed E-state index contributed by atoms with van der Waals surface area (Å²) >= 11 is 0. The molecule has 1 fully saturated rings. The Hall–Kier alpha value is -3.28. The van der Waals surface area contributed by atoms with Gasteiger partial charge in [0.25, 0.3) is 0 Å². The van der Waals surface area contributed by atoms with Gasteiger partial charge in [0.15, 0.2) is 11.6 Å². The molecule has 1 aliphatic carbocycles. The van der Waals surface area contributed by atoms with Gasteiger partial charge in [0.05, 0.1) is 12.2 Å². The van der Waals surface area contributed by atoms with E-state index in [0.717, 1.165) is 18.1 Å². The lowest BCUT2D eigenvalue weighted by Crippen LogP contribution is -2.24. The van der Waals surface area contributed by atoms with E-state index < -0.39 is 29.5 Å². The largest absolute Gasteiger partial charge is 0.494 e. The number of benzene rings is 3. The first kappa shape index (κ1) is 24.8. The van der Waals surface area contributed by atoms with E-state index in [0.29, 0.717) is 49.2 Å². The number of halogens is 3. The van der Waals surface area contributed by atoms with E-state index >= 15 is 4.39 Å². The zero-order chi connectivity index (χ0) is 24.9. The summed E-state index contributed by atoms with van der Waals surface area (Å²) in [6.45, 7) is 4.22. The minimum Gasteiger partial charge on any atom is -0.494 e. The van der Waals surface area contributed by atoms with Gasteiger partial charge in [-0.25, -0.2) is 18.0 Å². The van der Waals surface area contributed by atoms with E-state index in [9.17, 15) is 13.6 Å². The second-order valence-electron chi connectivity index (χ2n) is 8.83. The highest BCUT2D eigenvalue weighted by molar-refractivity contribution is 5.90. The summed E-state index contributed by atoms with van der Waals surface area (Å²) < 4.78 is 55.0. The van der Waals surface area contributed by atoms with Gasteiger partial charge in [0, 0.05) is 11.6 Å². The number of aryl methyl sites for hydroxylation is 1. The number of rotatable bonds is 7. The SMILES string of the molecule is CCOc1ccc(C(=O)OC2CCC(c3ccc(-c4ccc(CC)cc4)c(F)c3F)CC2)c(F)c1. The van der Waals surface area contributed by atoms with E-state index in [1.807, 2.05) is 31.2 Å². The summed E-state index contributed by atoms with van der Waals surface area (Å²) in [5.74, 6) is -2.91. The van der Waals surface area contributed by atoms with Gasteiger partial charge in [-0.1, -0.05) is 43.3 Å². The molecule has 6 heteroatoms. The van der Waals surface area contributed by atoms with E-state index in [1.165, 1.54) is 12.1 Å². The fraction of sp³-hybridized carbons (Fsp3) is 0.345. The van der Waals surface area contributed by atoms with Gasteiger partial charge in [0.1, 0.15) is 17.7 Å². The van der Waals surface area contributed by atoms with Gasteiger partial charge >= 0.3 is 5.97 Å². The maximum atomic E-state index is 15.0. The van der Waals surface area contributed by atoms with Crippen molar-refractivity contribution in [2.24, 2.45) is 0 Å². The molecule has 0 bridgehead atoms. The normalized spacial score (nSPS) is 17.7. The Morgan fingerprint density at radius 1 is 0.886 bits per heavy atom. The van der Waals surface area contributed by atoms with Crippen LogP contribution in [0.4, 0.5) is 13.2 Å². The van der Waals surface area contributed by atoms with Crippen LogP contribution in [0.1, 0.15) is 66.9 Å². The first-order valence-corrected chi connectivity index (χ1v) is 12.1. The van der Waals surface area contributed by atoms with Crippen LogP contribution < -0.4 is 4.74 Å². The highest BCUT2D eigenvalue weighted by atomic mass is 19.2. The van der Waals surface area contributed by atoms with Gasteiger partial charge in [0.2, 0.25) is 0 Å². The average molecular weight is 483 g/mol. The molecule has 0 spiro atoms. The predicted octanol–water partition coefficient (Wildman–Crippen LogP) is 7.62. The molecule has 3 nitrogen and oxygen atoms in total. The Balaban J connectivity index is 1.39. The summed E-state index contributed by atoms with van der Waals surface area (Å²) in [7, 11) is 0. The minimum absolute atomic E-state index is 0.147. The summed E-state index contributed by atoms with van der Waals surface area (Å²) in [5.41, 5.74) is 2.22. The van der Waals surface area contributed by atoms with Crippen molar-refractivity contribution in [1.29, 1.82) is 0 Å². The summed E-state index contributed by atoms with van der Waals surface area (Å²) in [5, 5.41) is 0. The van der Waals surface area contributed by atoms with Crippen molar-refractivity contribution in [2.45, 2.75) is 58.0 Å². The molecule has 3 aromatic carbocycles. The molecule has 0 amide bonds. The molecule has 4 rings (SSSR count). The second kappa shape index (κ2) is 11.0. The zero-order valence-corrected chi connectivity index (χ0v) is 20.0. The van der Waals surface area contributed by atoms with Crippen molar-refractivity contribution in [3.63, 3.8) is 0 Å². The summed E-state index contributed by atoms with van der Waals surface area (Å²) in [6, 6.07) is 14.8. The molecule has 0 atom stereocenters. The molecule has 1 aliphatic rings. The van der Waals surface area contributed by atoms with E-state index in [1.54, 1.807) is 19.1 Å². The van der Waals surface area contributed by atoms with Crippen LogP contribution in [0.15, 0.2) is 54.6 Å². The van der Waals surface area contributed by atoms with Crippen LogP contribution in [-0.4, -0.2) is 18.7 Å². The van der Waals surface area contributed by atoms with Gasteiger partial charge in [-0.05, 0) is 73.8 Å². The average Bonchev–Trinajstić information content (AvgIpc) is 2.86. The molecule has 0 radical (unpaired) electrons. The lowest BCUT2D eigenvalue weighted by molar-refractivity contribution is 0.0189. The molecule has 0 heterocycles. The van der Waals surface area contributed by atoms with E-state index in [2.05, 4.69) is 0 Å². The van der Waals surface area contributed by atoms with Crippen molar-refractivity contribution in [3.05, 3.63) is 88.7 Å². The molecular weight excluding hydrogens is 453 g/mol. The van der Waals surface area contributed by atoms with Gasteiger partial charge in [-0.2, -0.15) is 0 Å². The van der Waals surface area contributed by atoms with Crippen LogP contribution in [0.3, 0.4) is 0 Å². The molecule has 1 saturated carbocycles. The third-order valence-corrected chi connectivity index (χ3v) is 6.64. The standard InChI is InChI=1S/C29H29F3O3/c1-3-18-5-7-19(8-6-18)23-15-16-24(28(32)27(23)31)20-9-11-21(12-10-20)35-29(33)25-14-13-22(34-4-2)17-26(25)30/h5-8,13-17,20-21H,3-4,9-12H2,1-2H3. The Kier molecular flexibility index (Phi) is 7.79. The molecule has 3 aromatic rings. The highest BCUT2D eigenvalue weighted by Crippen LogP contribution is 2.38. The smallest absolute Gasteiger partial charge is 0.341 e. The van der Waals surface area contributed by atoms with Crippen LogP contribution in [0, 0.1) is 17.5 Å². The number of hydrogen-bond acceptors (Lipinski definition) is 3. The van der Waals surface area contributed by atoms with Crippen LogP contribution in [-0.2, 0) is 11.2 Å². The number of hydrogen-bond donors (Lipinski definition) is 0. The topological polar surface area (TPSA) is 35.5 Å². The molecule has 0 aromatic heterocycles. The molecule has 0 N–H and O–H groups in total. The first-order chi connectivity index (χ1) is 16.9. The monoisotopic (exact) mass is 482 g/mol. The Bertz CT molecular complexity index is 1180. The number of esters is 1. The third kappa shape index (κ3) is 5.53. The van der Waals surface area contributed by atoms with Crippen molar-refractivity contribution in [3.8, 4) is 16.9 Å². The summed E-state index contributed by atoms with van der Waals surface area (Å²) in [4.78, 5) is 12.5. The van der Waals surface area contributed by atoms with Gasteiger partial charge < -0.3 is 9.47 Å². The van der Waals surface area contributed by atoms with Crippen LogP contribution in [0.5, 0.6) is 5.75 Å². The van der Waals surface area contributed by atoms with Gasteiger partial charge in [-0.15, -0.1) is 0 Å². The molecule has 0 unspecified atom stereocenters. The summed E-state index contributed by atoms with van der Waals surface area (Å²) in [6.07, 6.45) is 2.57. The molecule has 0 aliphatic heterocycles. The number of carbonyl (C=O) groups excluding carboxylic acids is 1. The van der Waals surface area contributed by atoms with Gasteiger partial charge in [-0.3, -0.25) is 0 Å². The van der Waals surface area contributed by atoms with E-state index in [-0.39, 0.29) is 17.0 Å². The Morgan fingerprint density at radius 3 is 2.23 bits per heavy atom. The van der Waals surface area contributed by atoms with Crippen molar-refractivity contribution in [2.75, 3.05) is 6.61 Å².